The molecule has 0 radical (unpaired) electrons. The van der Waals surface area contributed by atoms with Crippen molar-refractivity contribution in [2.75, 3.05) is 7.11 Å². The summed E-state index contributed by atoms with van der Waals surface area (Å²) in [5.74, 6) is 0.963. The zero-order valence-corrected chi connectivity index (χ0v) is 25.8. The highest BCUT2D eigenvalue weighted by molar-refractivity contribution is 5.50. The normalized spacial score (nSPS) is 11.2. The molecule has 0 amide bonds. The van der Waals surface area contributed by atoms with Gasteiger partial charge in [0, 0.05) is 32.1 Å². The summed E-state index contributed by atoms with van der Waals surface area (Å²) in [5.41, 5.74) is 11.9. The molecule has 0 atom stereocenters. The van der Waals surface area contributed by atoms with Gasteiger partial charge in [-0.15, -0.1) is 0 Å². The molecule has 43 heavy (non-hydrogen) atoms. The Morgan fingerprint density at radius 2 is 0.907 bits per heavy atom. The minimum Gasteiger partial charge on any atom is -0.497 e. The molecule has 220 valence electrons. The molecule has 0 bridgehead atoms. The summed E-state index contributed by atoms with van der Waals surface area (Å²) >= 11 is 0. The first kappa shape index (κ1) is 30.3. The van der Waals surface area contributed by atoms with Gasteiger partial charge in [0.15, 0.2) is 0 Å². The monoisotopic (exact) mass is 568 g/mol. The quantitative estimate of drug-likeness (QED) is 0.132. The van der Waals surface area contributed by atoms with E-state index in [9.17, 15) is 0 Å². The van der Waals surface area contributed by atoms with Crippen molar-refractivity contribution in [1.82, 2.24) is 10.6 Å². The van der Waals surface area contributed by atoms with Crippen molar-refractivity contribution in [2.45, 2.75) is 58.8 Å². The molecule has 5 rings (SSSR count). The zero-order chi connectivity index (χ0) is 29.9. The molecule has 0 spiro atoms. The van der Waals surface area contributed by atoms with Gasteiger partial charge in [0.2, 0.25) is 0 Å². The highest BCUT2D eigenvalue weighted by Gasteiger charge is 2.22. The number of ether oxygens (including phenoxy) is 1. The van der Waals surface area contributed by atoms with Gasteiger partial charge in [0.1, 0.15) is 5.75 Å². The Hall–Kier alpha value is -4.18. The minimum absolute atomic E-state index is 0.0922. The molecule has 0 unspecified atom stereocenters. The van der Waals surface area contributed by atoms with Crippen LogP contribution in [0.3, 0.4) is 0 Å². The van der Waals surface area contributed by atoms with Crippen LogP contribution in [0.25, 0.3) is 0 Å². The largest absolute Gasteiger partial charge is 0.497 e. The van der Waals surface area contributed by atoms with E-state index in [0.717, 1.165) is 44.8 Å². The van der Waals surface area contributed by atoms with Gasteiger partial charge < -0.3 is 15.4 Å². The van der Waals surface area contributed by atoms with Gasteiger partial charge in [-0.2, -0.15) is 0 Å². The second-order valence-electron chi connectivity index (χ2n) is 11.2. The Labute approximate surface area is 258 Å². The molecule has 3 heteroatoms. The van der Waals surface area contributed by atoms with E-state index >= 15 is 0 Å². The van der Waals surface area contributed by atoms with Crippen LogP contribution >= 0.6 is 0 Å². The smallest absolute Gasteiger partial charge is 0.118 e. The van der Waals surface area contributed by atoms with Crippen molar-refractivity contribution in [1.29, 1.82) is 0 Å². The number of hydrogen-bond acceptors (Lipinski definition) is 3. The summed E-state index contributed by atoms with van der Waals surface area (Å²) in [6, 6.07) is 44.2. The summed E-state index contributed by atoms with van der Waals surface area (Å²) in [6.07, 6.45) is 2.13. The van der Waals surface area contributed by atoms with Crippen LogP contribution in [0, 0.1) is 0 Å². The molecule has 3 nitrogen and oxygen atoms in total. The number of rotatable bonds is 14. The lowest BCUT2D eigenvalue weighted by Gasteiger charge is -2.25. The van der Waals surface area contributed by atoms with Crippen molar-refractivity contribution in [3.8, 4) is 5.75 Å². The topological polar surface area (TPSA) is 33.3 Å². The predicted octanol–water partition coefficient (Wildman–Crippen LogP) is 8.58. The van der Waals surface area contributed by atoms with Crippen LogP contribution in [0.1, 0.15) is 69.8 Å². The van der Waals surface area contributed by atoms with Gasteiger partial charge in [0.05, 0.1) is 7.11 Å². The highest BCUT2D eigenvalue weighted by Crippen LogP contribution is 2.36. The molecule has 0 heterocycles. The van der Waals surface area contributed by atoms with E-state index in [0.29, 0.717) is 0 Å². The van der Waals surface area contributed by atoms with Crippen LogP contribution in [0.15, 0.2) is 121 Å². The number of methoxy groups -OCH3 is 1. The lowest BCUT2D eigenvalue weighted by Crippen LogP contribution is -2.18. The fourth-order valence-electron chi connectivity index (χ4n) is 5.75. The maximum atomic E-state index is 5.51. The maximum Gasteiger partial charge on any atom is 0.118 e. The Morgan fingerprint density at radius 1 is 0.488 bits per heavy atom. The molecular weight excluding hydrogens is 524 g/mol. The zero-order valence-electron chi connectivity index (χ0n) is 25.8. The summed E-state index contributed by atoms with van der Waals surface area (Å²) in [5, 5.41) is 7.43. The molecule has 2 N–H and O–H groups in total. The molecule has 0 aromatic heterocycles. The Balaban J connectivity index is 1.41. The van der Waals surface area contributed by atoms with Gasteiger partial charge in [-0.05, 0) is 75.0 Å². The third kappa shape index (κ3) is 8.01. The van der Waals surface area contributed by atoms with Crippen molar-refractivity contribution in [3.05, 3.63) is 171 Å². The second kappa shape index (κ2) is 15.3. The van der Waals surface area contributed by atoms with Crippen LogP contribution in [-0.4, -0.2) is 7.11 Å². The number of nitrogens with one attached hydrogen (secondary N) is 2. The number of aryl methyl sites for hydroxylation is 2. The summed E-state index contributed by atoms with van der Waals surface area (Å²) in [4.78, 5) is 0. The van der Waals surface area contributed by atoms with Gasteiger partial charge in [-0.25, -0.2) is 0 Å². The van der Waals surface area contributed by atoms with Crippen molar-refractivity contribution < 1.29 is 4.74 Å². The van der Waals surface area contributed by atoms with E-state index in [2.05, 4.69) is 146 Å². The van der Waals surface area contributed by atoms with Crippen LogP contribution in [0.4, 0.5) is 0 Å². The molecule has 0 aliphatic heterocycles. The fraction of sp³-hybridized carbons (Fsp3) is 0.250. The van der Waals surface area contributed by atoms with Crippen LogP contribution in [-0.2, 0) is 39.0 Å². The summed E-state index contributed by atoms with van der Waals surface area (Å²) < 4.78 is 5.51. The predicted molar refractivity (Wildman–Crippen MR) is 180 cm³/mol. The second-order valence-corrected chi connectivity index (χ2v) is 11.2. The van der Waals surface area contributed by atoms with Gasteiger partial charge >= 0.3 is 0 Å². The average Bonchev–Trinajstić information content (AvgIpc) is 3.07. The van der Waals surface area contributed by atoms with E-state index < -0.39 is 0 Å². The standard InChI is InChI=1S/C40H44N2O/c1-4-30-14-18-32(19-15-30)26-41-28-35-10-6-8-12-38(35)40(34-22-24-37(43-3)25-23-34)39-13-9-7-11-36(39)29-42-27-33-20-16-31(5-2)17-21-33/h6-25,40-42H,4-5,26-29H2,1-3H3. The summed E-state index contributed by atoms with van der Waals surface area (Å²) in [7, 11) is 1.72. The highest BCUT2D eigenvalue weighted by atomic mass is 16.5. The third-order valence-corrected chi connectivity index (χ3v) is 8.33. The molecule has 0 aliphatic carbocycles. The third-order valence-electron chi connectivity index (χ3n) is 8.33. The Kier molecular flexibility index (Phi) is 10.8. The molecule has 5 aromatic rings. The van der Waals surface area contributed by atoms with E-state index in [1.165, 1.54) is 50.1 Å². The van der Waals surface area contributed by atoms with Crippen molar-refractivity contribution >= 4 is 0 Å². The van der Waals surface area contributed by atoms with E-state index in [4.69, 9.17) is 4.74 Å². The van der Waals surface area contributed by atoms with Crippen LogP contribution in [0.5, 0.6) is 5.75 Å². The van der Waals surface area contributed by atoms with Crippen molar-refractivity contribution in [3.63, 3.8) is 0 Å². The molecule has 0 saturated carbocycles. The first-order valence-corrected chi connectivity index (χ1v) is 15.5. The van der Waals surface area contributed by atoms with E-state index in [-0.39, 0.29) is 5.92 Å². The van der Waals surface area contributed by atoms with Crippen molar-refractivity contribution in [2.24, 2.45) is 0 Å². The lowest BCUT2D eigenvalue weighted by atomic mass is 9.80. The minimum atomic E-state index is 0.0922. The maximum absolute atomic E-state index is 5.51. The number of benzene rings is 5. The van der Waals surface area contributed by atoms with Gasteiger partial charge in [0.25, 0.3) is 0 Å². The number of hydrogen-bond donors (Lipinski definition) is 2. The average molecular weight is 569 g/mol. The molecule has 0 aliphatic rings. The first-order chi connectivity index (χ1) is 21.2. The molecular formula is C40H44N2O. The Bertz CT molecular complexity index is 1460. The summed E-state index contributed by atoms with van der Waals surface area (Å²) in [6.45, 7) is 7.67. The fourth-order valence-corrected chi connectivity index (χ4v) is 5.75. The van der Waals surface area contributed by atoms with Crippen LogP contribution < -0.4 is 15.4 Å². The van der Waals surface area contributed by atoms with E-state index in [1.807, 2.05) is 0 Å². The van der Waals surface area contributed by atoms with E-state index in [1.54, 1.807) is 7.11 Å². The Morgan fingerprint density at radius 3 is 1.33 bits per heavy atom. The van der Waals surface area contributed by atoms with Gasteiger partial charge in [-0.1, -0.05) is 123 Å². The van der Waals surface area contributed by atoms with Crippen LogP contribution in [0.2, 0.25) is 0 Å². The lowest BCUT2D eigenvalue weighted by molar-refractivity contribution is 0.414. The van der Waals surface area contributed by atoms with Gasteiger partial charge in [-0.3, -0.25) is 0 Å². The SMILES string of the molecule is CCc1ccc(CNCc2ccccc2C(c2ccc(OC)cc2)c2ccccc2CNCc2ccc(CC)cc2)cc1. The first-order valence-electron chi connectivity index (χ1n) is 15.5. The molecule has 5 aromatic carbocycles. The molecule has 0 fully saturated rings. The molecule has 0 saturated heterocycles.